The van der Waals surface area contributed by atoms with Crippen LogP contribution in [0.1, 0.15) is 62.0 Å². The number of anilines is 1. The molecule has 1 aliphatic heterocycles. The Bertz CT molecular complexity index is 863. The van der Waals surface area contributed by atoms with Crippen LogP contribution in [0.25, 0.3) is 0 Å². The zero-order valence-electron chi connectivity index (χ0n) is 16.5. The third-order valence-corrected chi connectivity index (χ3v) is 6.94. The molecule has 1 saturated carbocycles. The second kappa shape index (κ2) is 6.90. The molecule has 1 N–H and O–H groups in total. The van der Waals surface area contributed by atoms with Crippen LogP contribution in [0.2, 0.25) is 0 Å². The number of piperidine rings is 1. The molecular formula is C22H28N4O2. The van der Waals surface area contributed by atoms with Gasteiger partial charge in [0.05, 0.1) is 0 Å². The number of likely N-dealkylation sites (tertiary alicyclic amines) is 1. The number of benzene rings is 1. The topological polar surface area (TPSA) is 71.3 Å². The first-order valence-electron chi connectivity index (χ1n) is 10.6. The molecule has 148 valence electrons. The molecule has 1 aromatic carbocycles. The van der Waals surface area contributed by atoms with Crippen molar-refractivity contribution in [2.75, 3.05) is 18.4 Å². The molecule has 5 rings (SSSR count). The molecule has 2 atom stereocenters. The van der Waals surface area contributed by atoms with Gasteiger partial charge in [-0.2, -0.15) is 0 Å². The van der Waals surface area contributed by atoms with Crippen molar-refractivity contribution < 1.29 is 9.21 Å². The summed E-state index contributed by atoms with van der Waals surface area (Å²) in [5.41, 5.74) is 3.37. The maximum absolute atomic E-state index is 12.8. The smallest absolute Gasteiger partial charge is 0.316 e. The lowest BCUT2D eigenvalue weighted by atomic mass is 9.84. The normalized spacial score (nSPS) is 23.9. The number of nitrogens with zero attached hydrogens (tertiary/aromatic N) is 3. The number of hydrogen-bond acceptors (Lipinski definition) is 5. The molecule has 2 heterocycles. The highest BCUT2D eigenvalue weighted by molar-refractivity contribution is 5.83. The van der Waals surface area contributed by atoms with Crippen LogP contribution in [-0.4, -0.2) is 40.1 Å². The van der Waals surface area contributed by atoms with Gasteiger partial charge in [0.1, 0.15) is 6.04 Å². The fourth-order valence-corrected chi connectivity index (χ4v) is 4.77. The van der Waals surface area contributed by atoms with E-state index in [-0.39, 0.29) is 17.9 Å². The SMILES string of the molecule is C[C@@H](Nc1nnc(C2CCc3ccccc3C2)o1)C(=O)N1CCC2(CC1)CC2. The zero-order valence-corrected chi connectivity index (χ0v) is 16.5. The maximum Gasteiger partial charge on any atom is 0.316 e. The first-order valence-corrected chi connectivity index (χ1v) is 10.6. The summed E-state index contributed by atoms with van der Waals surface area (Å²) in [6.07, 6.45) is 7.99. The lowest BCUT2D eigenvalue weighted by Gasteiger charge is -2.33. The summed E-state index contributed by atoms with van der Waals surface area (Å²) >= 11 is 0. The lowest BCUT2D eigenvalue weighted by molar-refractivity contribution is -0.133. The molecule has 2 aliphatic carbocycles. The van der Waals surface area contributed by atoms with E-state index in [4.69, 9.17) is 4.42 Å². The van der Waals surface area contributed by atoms with Crippen molar-refractivity contribution in [1.82, 2.24) is 15.1 Å². The minimum Gasteiger partial charge on any atom is -0.408 e. The van der Waals surface area contributed by atoms with Gasteiger partial charge in [0.2, 0.25) is 11.8 Å². The van der Waals surface area contributed by atoms with Crippen molar-refractivity contribution in [3.63, 3.8) is 0 Å². The second-order valence-corrected chi connectivity index (χ2v) is 8.85. The van der Waals surface area contributed by atoms with Gasteiger partial charge in [0.25, 0.3) is 0 Å². The Morgan fingerprint density at radius 1 is 1.18 bits per heavy atom. The van der Waals surface area contributed by atoms with E-state index in [1.165, 1.54) is 24.0 Å². The Balaban J connectivity index is 1.19. The van der Waals surface area contributed by atoms with E-state index in [0.29, 0.717) is 17.3 Å². The Morgan fingerprint density at radius 3 is 2.68 bits per heavy atom. The summed E-state index contributed by atoms with van der Waals surface area (Å²) in [5, 5.41) is 11.5. The number of nitrogens with one attached hydrogen (secondary N) is 1. The van der Waals surface area contributed by atoms with Gasteiger partial charge in [-0.25, -0.2) is 0 Å². The van der Waals surface area contributed by atoms with E-state index in [9.17, 15) is 4.79 Å². The molecule has 2 aromatic rings. The third kappa shape index (κ3) is 3.40. The molecule has 3 aliphatic rings. The molecule has 28 heavy (non-hydrogen) atoms. The highest BCUT2D eigenvalue weighted by atomic mass is 16.4. The molecular weight excluding hydrogens is 352 g/mol. The van der Waals surface area contributed by atoms with Crippen molar-refractivity contribution in [3.8, 4) is 0 Å². The number of hydrogen-bond donors (Lipinski definition) is 1. The van der Waals surface area contributed by atoms with Crippen LogP contribution in [0.3, 0.4) is 0 Å². The fraction of sp³-hybridized carbons (Fsp3) is 0.591. The second-order valence-electron chi connectivity index (χ2n) is 8.85. The van der Waals surface area contributed by atoms with Gasteiger partial charge in [-0.1, -0.05) is 29.4 Å². The summed E-state index contributed by atoms with van der Waals surface area (Å²) in [6, 6.07) is 8.56. The van der Waals surface area contributed by atoms with Gasteiger partial charge >= 0.3 is 6.01 Å². The standard InChI is InChI=1S/C22H28N4O2/c1-15(20(27)26-12-10-22(8-9-22)11-13-26)23-21-25-24-19(28-21)18-7-6-16-4-2-3-5-17(16)14-18/h2-5,15,18H,6-14H2,1H3,(H,23,25)/t15-,18?/m1/s1. The quantitative estimate of drug-likeness (QED) is 0.878. The van der Waals surface area contributed by atoms with Crippen molar-refractivity contribution >= 4 is 11.9 Å². The summed E-state index contributed by atoms with van der Waals surface area (Å²) < 4.78 is 5.89. The molecule has 0 radical (unpaired) electrons. The van der Waals surface area contributed by atoms with Crippen molar-refractivity contribution in [2.24, 2.45) is 5.41 Å². The molecule has 1 unspecified atom stereocenters. The van der Waals surface area contributed by atoms with E-state index < -0.39 is 0 Å². The molecule has 1 amide bonds. The number of aryl methyl sites for hydroxylation is 1. The van der Waals surface area contributed by atoms with Crippen LogP contribution in [0.4, 0.5) is 6.01 Å². The van der Waals surface area contributed by atoms with Gasteiger partial charge in [-0.05, 0) is 68.4 Å². The van der Waals surface area contributed by atoms with E-state index in [2.05, 4.69) is 39.8 Å². The number of fused-ring (bicyclic) bond motifs is 1. The molecule has 1 spiro atoms. The van der Waals surface area contributed by atoms with E-state index in [1.807, 2.05) is 11.8 Å². The number of rotatable bonds is 4. The van der Waals surface area contributed by atoms with Crippen LogP contribution in [-0.2, 0) is 17.6 Å². The Labute approximate surface area is 165 Å². The zero-order chi connectivity index (χ0) is 19.1. The summed E-state index contributed by atoms with van der Waals surface area (Å²) in [7, 11) is 0. The van der Waals surface area contributed by atoms with Gasteiger partial charge in [0, 0.05) is 19.0 Å². The van der Waals surface area contributed by atoms with E-state index in [1.54, 1.807) is 0 Å². The Kier molecular flexibility index (Phi) is 4.37. The van der Waals surface area contributed by atoms with E-state index >= 15 is 0 Å². The van der Waals surface area contributed by atoms with Gasteiger partial charge in [-0.15, -0.1) is 5.10 Å². The molecule has 1 aromatic heterocycles. The van der Waals surface area contributed by atoms with Gasteiger partial charge in [-0.3, -0.25) is 4.79 Å². The van der Waals surface area contributed by atoms with E-state index in [0.717, 1.165) is 45.2 Å². The maximum atomic E-state index is 12.8. The van der Waals surface area contributed by atoms with Crippen LogP contribution < -0.4 is 5.32 Å². The highest BCUT2D eigenvalue weighted by Gasteiger charge is 2.45. The average molecular weight is 380 g/mol. The van der Waals surface area contributed by atoms with Crippen molar-refractivity contribution in [1.29, 1.82) is 0 Å². The Hall–Kier alpha value is -2.37. The van der Waals surface area contributed by atoms with Crippen LogP contribution >= 0.6 is 0 Å². The van der Waals surface area contributed by atoms with Crippen LogP contribution in [0.5, 0.6) is 0 Å². The summed E-state index contributed by atoms with van der Waals surface area (Å²) in [6.45, 7) is 3.63. The highest BCUT2D eigenvalue weighted by Crippen LogP contribution is 2.53. The van der Waals surface area contributed by atoms with Crippen LogP contribution in [0.15, 0.2) is 28.7 Å². The van der Waals surface area contributed by atoms with Crippen molar-refractivity contribution in [2.45, 2.75) is 63.8 Å². The molecule has 6 nitrogen and oxygen atoms in total. The number of aromatic nitrogens is 2. The van der Waals surface area contributed by atoms with Gasteiger partial charge in [0.15, 0.2) is 0 Å². The average Bonchev–Trinajstić information content (AvgIpc) is 3.31. The Morgan fingerprint density at radius 2 is 1.93 bits per heavy atom. The minimum atomic E-state index is -0.353. The third-order valence-electron chi connectivity index (χ3n) is 6.94. The predicted octanol–water partition coefficient (Wildman–Crippen LogP) is 3.55. The summed E-state index contributed by atoms with van der Waals surface area (Å²) in [5.74, 6) is 1.05. The molecule has 6 heteroatoms. The first kappa shape index (κ1) is 17.7. The molecule has 1 saturated heterocycles. The largest absolute Gasteiger partial charge is 0.408 e. The van der Waals surface area contributed by atoms with Crippen LogP contribution in [0, 0.1) is 5.41 Å². The molecule has 0 bridgehead atoms. The first-order chi connectivity index (χ1) is 13.6. The van der Waals surface area contributed by atoms with Crippen molar-refractivity contribution in [3.05, 3.63) is 41.3 Å². The number of carbonyl (C=O) groups is 1. The van der Waals surface area contributed by atoms with Gasteiger partial charge < -0.3 is 14.6 Å². The monoisotopic (exact) mass is 380 g/mol. The number of carbonyl (C=O) groups excluding carboxylic acids is 1. The predicted molar refractivity (Wildman–Crippen MR) is 106 cm³/mol. The lowest BCUT2D eigenvalue weighted by Crippen LogP contribution is -2.45. The molecule has 2 fully saturated rings. The fourth-order valence-electron chi connectivity index (χ4n) is 4.77. The number of amides is 1. The minimum absolute atomic E-state index is 0.127. The summed E-state index contributed by atoms with van der Waals surface area (Å²) in [4.78, 5) is 14.7.